The Labute approximate surface area is 163 Å². The summed E-state index contributed by atoms with van der Waals surface area (Å²) >= 11 is 0. The van der Waals surface area contributed by atoms with E-state index in [4.69, 9.17) is 0 Å². The Balaban J connectivity index is 1.34. The molecule has 2 aromatic rings. The van der Waals surface area contributed by atoms with Gasteiger partial charge in [0.25, 0.3) is 0 Å². The summed E-state index contributed by atoms with van der Waals surface area (Å²) in [5, 5.41) is 10.5. The highest BCUT2D eigenvalue weighted by atomic mass is 16.2. The SMILES string of the molecule is Cc1cc(NC(=O)NC2CCN(C3CC(=O)NC3=O)CC2)c2ccccc2c1. The van der Waals surface area contributed by atoms with E-state index in [1.807, 2.05) is 42.2 Å². The lowest BCUT2D eigenvalue weighted by Gasteiger charge is -2.34. The number of nitrogens with zero attached hydrogens (tertiary/aromatic N) is 1. The lowest BCUT2D eigenvalue weighted by atomic mass is 10.0. The molecule has 2 aliphatic heterocycles. The molecule has 2 aliphatic rings. The first-order chi connectivity index (χ1) is 13.5. The van der Waals surface area contributed by atoms with Crippen molar-refractivity contribution in [2.45, 2.75) is 38.3 Å². The van der Waals surface area contributed by atoms with Crippen LogP contribution in [0.4, 0.5) is 10.5 Å². The molecule has 0 radical (unpaired) electrons. The van der Waals surface area contributed by atoms with E-state index < -0.39 is 0 Å². The molecule has 0 saturated carbocycles. The molecule has 4 rings (SSSR count). The Bertz CT molecular complexity index is 934. The summed E-state index contributed by atoms with van der Waals surface area (Å²) in [6, 6.07) is 11.5. The monoisotopic (exact) mass is 380 g/mol. The van der Waals surface area contributed by atoms with E-state index >= 15 is 0 Å². The molecule has 0 aliphatic carbocycles. The van der Waals surface area contributed by atoms with Crippen LogP contribution in [0, 0.1) is 6.92 Å². The zero-order valence-electron chi connectivity index (χ0n) is 15.8. The molecule has 7 nitrogen and oxygen atoms in total. The molecule has 2 fully saturated rings. The highest BCUT2D eigenvalue weighted by Gasteiger charge is 2.37. The van der Waals surface area contributed by atoms with E-state index in [1.165, 1.54) is 0 Å². The molecule has 28 heavy (non-hydrogen) atoms. The van der Waals surface area contributed by atoms with E-state index in [9.17, 15) is 14.4 Å². The summed E-state index contributed by atoms with van der Waals surface area (Å²) in [4.78, 5) is 37.8. The number of carbonyl (C=O) groups excluding carboxylic acids is 3. The molecule has 3 N–H and O–H groups in total. The topological polar surface area (TPSA) is 90.5 Å². The lowest BCUT2D eigenvalue weighted by Crippen LogP contribution is -2.50. The van der Waals surface area contributed by atoms with Crippen molar-refractivity contribution in [2.75, 3.05) is 18.4 Å². The number of hydrogen-bond acceptors (Lipinski definition) is 4. The fourth-order valence-electron chi connectivity index (χ4n) is 4.10. The average molecular weight is 380 g/mol. The minimum absolute atomic E-state index is 0.0486. The maximum Gasteiger partial charge on any atom is 0.319 e. The summed E-state index contributed by atoms with van der Waals surface area (Å²) in [6.45, 7) is 3.38. The number of benzene rings is 2. The van der Waals surface area contributed by atoms with Crippen LogP contribution in [0.5, 0.6) is 0 Å². The number of hydrogen-bond donors (Lipinski definition) is 3. The van der Waals surface area contributed by atoms with Crippen LogP contribution in [0.1, 0.15) is 24.8 Å². The first-order valence-corrected chi connectivity index (χ1v) is 9.64. The number of likely N-dealkylation sites (tertiary alicyclic amines) is 1. The maximum absolute atomic E-state index is 12.5. The number of amides is 4. The fourth-order valence-corrected chi connectivity index (χ4v) is 4.10. The predicted octanol–water partition coefficient (Wildman–Crippen LogP) is 2.15. The van der Waals surface area contributed by atoms with E-state index in [1.54, 1.807) is 0 Å². The van der Waals surface area contributed by atoms with E-state index in [-0.39, 0.29) is 36.3 Å². The van der Waals surface area contributed by atoms with Crippen molar-refractivity contribution in [1.82, 2.24) is 15.5 Å². The van der Waals surface area contributed by atoms with Crippen LogP contribution in [0.2, 0.25) is 0 Å². The summed E-state index contributed by atoms with van der Waals surface area (Å²) < 4.78 is 0. The molecular formula is C21H24N4O3. The molecule has 7 heteroatoms. The van der Waals surface area contributed by atoms with Gasteiger partial charge in [-0.25, -0.2) is 4.79 Å². The molecule has 4 amide bonds. The van der Waals surface area contributed by atoms with Gasteiger partial charge in [-0.15, -0.1) is 0 Å². The normalized spacial score (nSPS) is 21.0. The van der Waals surface area contributed by atoms with E-state index in [0.29, 0.717) is 13.1 Å². The molecule has 1 atom stereocenters. The standard InChI is InChI=1S/C21H24N4O3/c1-13-10-14-4-2-3-5-16(14)17(11-13)23-21(28)22-15-6-8-25(9-7-15)18-12-19(26)24-20(18)27/h2-5,10-11,15,18H,6-9,12H2,1H3,(H2,22,23,28)(H,24,26,27). The van der Waals surface area contributed by atoms with Gasteiger partial charge >= 0.3 is 6.03 Å². The average Bonchev–Trinajstić information content (AvgIpc) is 3.00. The second-order valence-electron chi connectivity index (χ2n) is 7.57. The number of anilines is 1. The first-order valence-electron chi connectivity index (χ1n) is 9.64. The first kappa shape index (κ1) is 18.4. The van der Waals surface area contributed by atoms with Gasteiger partial charge in [0, 0.05) is 24.5 Å². The van der Waals surface area contributed by atoms with Crippen molar-refractivity contribution < 1.29 is 14.4 Å². The van der Waals surface area contributed by atoms with E-state index in [2.05, 4.69) is 22.0 Å². The van der Waals surface area contributed by atoms with Crippen molar-refractivity contribution >= 4 is 34.3 Å². The van der Waals surface area contributed by atoms with Gasteiger partial charge in [0.15, 0.2) is 0 Å². The Hall–Kier alpha value is -2.93. The van der Waals surface area contributed by atoms with Crippen LogP contribution in [0.15, 0.2) is 36.4 Å². The van der Waals surface area contributed by atoms with Gasteiger partial charge in [-0.2, -0.15) is 0 Å². The second kappa shape index (κ2) is 7.59. The zero-order valence-corrected chi connectivity index (χ0v) is 15.8. The molecule has 0 bridgehead atoms. The number of fused-ring (bicyclic) bond motifs is 1. The van der Waals surface area contributed by atoms with Crippen molar-refractivity contribution in [3.8, 4) is 0 Å². The summed E-state index contributed by atoms with van der Waals surface area (Å²) in [5.74, 6) is -0.416. The molecule has 1 unspecified atom stereocenters. The van der Waals surface area contributed by atoms with E-state index in [0.717, 1.165) is 34.9 Å². The maximum atomic E-state index is 12.5. The Morgan fingerprint density at radius 1 is 1.14 bits per heavy atom. The van der Waals surface area contributed by atoms with Crippen LogP contribution in [0.25, 0.3) is 10.8 Å². The van der Waals surface area contributed by atoms with Crippen molar-refractivity contribution in [1.29, 1.82) is 0 Å². The second-order valence-corrected chi connectivity index (χ2v) is 7.57. The highest BCUT2D eigenvalue weighted by molar-refractivity contribution is 6.05. The molecule has 2 heterocycles. The van der Waals surface area contributed by atoms with Crippen LogP contribution in [-0.4, -0.2) is 47.9 Å². The van der Waals surface area contributed by atoms with Crippen LogP contribution < -0.4 is 16.0 Å². The van der Waals surface area contributed by atoms with Crippen molar-refractivity contribution in [2.24, 2.45) is 0 Å². The number of carbonyl (C=O) groups is 3. The number of nitrogens with one attached hydrogen (secondary N) is 3. The third-order valence-electron chi connectivity index (χ3n) is 5.50. The predicted molar refractivity (Wildman–Crippen MR) is 107 cm³/mol. The third kappa shape index (κ3) is 3.84. The molecular weight excluding hydrogens is 356 g/mol. The van der Waals surface area contributed by atoms with Gasteiger partial charge in [0.05, 0.1) is 18.2 Å². The summed E-state index contributed by atoms with van der Waals surface area (Å²) in [5.41, 5.74) is 1.89. The third-order valence-corrected chi connectivity index (χ3v) is 5.50. The number of piperidine rings is 1. The highest BCUT2D eigenvalue weighted by Crippen LogP contribution is 2.25. The number of aryl methyl sites for hydroxylation is 1. The number of urea groups is 1. The van der Waals surface area contributed by atoms with Gasteiger partial charge in [0.1, 0.15) is 0 Å². The van der Waals surface area contributed by atoms with Gasteiger partial charge in [-0.1, -0.05) is 30.3 Å². The fraction of sp³-hybridized carbons (Fsp3) is 0.381. The Kier molecular flexibility index (Phi) is 5.00. The zero-order chi connectivity index (χ0) is 19.7. The molecule has 146 valence electrons. The minimum atomic E-state index is -0.360. The van der Waals surface area contributed by atoms with Gasteiger partial charge < -0.3 is 10.6 Å². The van der Waals surface area contributed by atoms with Crippen molar-refractivity contribution in [3.05, 3.63) is 42.0 Å². The van der Waals surface area contributed by atoms with Crippen LogP contribution in [-0.2, 0) is 9.59 Å². The van der Waals surface area contributed by atoms with Crippen LogP contribution >= 0.6 is 0 Å². The summed E-state index contributed by atoms with van der Waals surface area (Å²) in [6.07, 6.45) is 1.73. The van der Waals surface area contributed by atoms with Gasteiger partial charge in [-0.05, 0) is 36.8 Å². The molecule has 0 aromatic heterocycles. The Morgan fingerprint density at radius 3 is 2.61 bits per heavy atom. The molecule has 0 spiro atoms. The van der Waals surface area contributed by atoms with Gasteiger partial charge in [-0.3, -0.25) is 19.8 Å². The molecule has 2 saturated heterocycles. The largest absolute Gasteiger partial charge is 0.335 e. The van der Waals surface area contributed by atoms with Crippen LogP contribution in [0.3, 0.4) is 0 Å². The number of rotatable bonds is 3. The minimum Gasteiger partial charge on any atom is -0.335 e. The smallest absolute Gasteiger partial charge is 0.319 e. The van der Waals surface area contributed by atoms with Gasteiger partial charge in [0.2, 0.25) is 11.8 Å². The number of imide groups is 1. The Morgan fingerprint density at radius 2 is 1.89 bits per heavy atom. The van der Waals surface area contributed by atoms with Crippen molar-refractivity contribution in [3.63, 3.8) is 0 Å². The quantitative estimate of drug-likeness (QED) is 0.712. The molecule has 2 aromatic carbocycles. The lowest BCUT2D eigenvalue weighted by molar-refractivity contribution is -0.126. The summed E-state index contributed by atoms with van der Waals surface area (Å²) in [7, 11) is 0.